The number of rotatable bonds is 4. The number of hydrogen-bond acceptors (Lipinski definition) is 3. The first-order valence-corrected chi connectivity index (χ1v) is 4.92. The molecule has 92 valence electrons. The van der Waals surface area contributed by atoms with Crippen LogP contribution in [-0.2, 0) is 9.63 Å². The summed E-state index contributed by atoms with van der Waals surface area (Å²) in [5.74, 6) is -0.340. The summed E-state index contributed by atoms with van der Waals surface area (Å²) in [5.41, 5.74) is 0.617. The summed E-state index contributed by atoms with van der Waals surface area (Å²) in [7, 11) is 4.33. The topological polar surface area (TPSA) is 38.8 Å². The Kier molecular flexibility index (Phi) is 4.66. The number of benzene rings is 1. The summed E-state index contributed by atoms with van der Waals surface area (Å²) in [4.78, 5) is 16.1. The summed E-state index contributed by atoms with van der Waals surface area (Å²) in [6, 6.07) is 4.08. The molecular weight excluding hydrogens is 225 g/mol. The number of hydrogen-bond donors (Lipinski definition) is 0. The number of likely N-dealkylation sites (N-methyl/N-ethyl adjacent to an activating group) is 1. The minimum atomic E-state index is -0.390. The molecule has 4 nitrogen and oxygen atoms in total. The van der Waals surface area contributed by atoms with E-state index >= 15 is 0 Å². The number of carbonyl (C=O) groups excluding carboxylic acids is 1. The minimum absolute atomic E-state index is 0.320. The van der Waals surface area contributed by atoms with Crippen LogP contribution in [0.4, 0.5) is 4.39 Å². The van der Waals surface area contributed by atoms with E-state index in [1.165, 1.54) is 51.6 Å². The zero-order chi connectivity index (χ0) is 12.8. The molecular formula is C12H14FNO3. The second kappa shape index (κ2) is 6.00. The smallest absolute Gasteiger partial charge is 0.269 e. The van der Waals surface area contributed by atoms with Crippen LogP contribution in [0, 0.1) is 5.82 Å². The van der Waals surface area contributed by atoms with Crippen molar-refractivity contribution in [2.75, 3.05) is 21.3 Å². The highest BCUT2D eigenvalue weighted by Crippen LogP contribution is 2.20. The van der Waals surface area contributed by atoms with Gasteiger partial charge in [0.1, 0.15) is 11.6 Å². The van der Waals surface area contributed by atoms with Gasteiger partial charge in [0.05, 0.1) is 14.2 Å². The van der Waals surface area contributed by atoms with Crippen LogP contribution in [0.2, 0.25) is 0 Å². The first kappa shape index (κ1) is 13.2. The Morgan fingerprint density at radius 2 is 2.12 bits per heavy atom. The first-order valence-electron chi connectivity index (χ1n) is 4.92. The molecule has 17 heavy (non-hydrogen) atoms. The van der Waals surface area contributed by atoms with Gasteiger partial charge in [0, 0.05) is 24.8 Å². The maximum Gasteiger partial charge on any atom is 0.269 e. The van der Waals surface area contributed by atoms with Crippen molar-refractivity contribution in [3.8, 4) is 5.75 Å². The van der Waals surface area contributed by atoms with Gasteiger partial charge in [0.15, 0.2) is 0 Å². The highest BCUT2D eigenvalue weighted by atomic mass is 19.1. The molecule has 1 aromatic carbocycles. The van der Waals surface area contributed by atoms with Gasteiger partial charge in [0.25, 0.3) is 5.91 Å². The SMILES string of the molecule is COc1cc(F)ccc1C=CC(=O)N(C)OC. The van der Waals surface area contributed by atoms with E-state index in [0.29, 0.717) is 11.3 Å². The van der Waals surface area contributed by atoms with E-state index in [-0.39, 0.29) is 11.7 Å². The predicted octanol–water partition coefficient (Wildman–Crippen LogP) is 1.87. The Balaban J connectivity index is 2.88. The van der Waals surface area contributed by atoms with Gasteiger partial charge in [-0.15, -0.1) is 0 Å². The van der Waals surface area contributed by atoms with Gasteiger partial charge in [-0.1, -0.05) is 0 Å². The van der Waals surface area contributed by atoms with Crippen LogP contribution in [0.25, 0.3) is 6.08 Å². The number of amides is 1. The molecule has 0 fully saturated rings. The average Bonchev–Trinajstić information content (AvgIpc) is 2.35. The third kappa shape index (κ3) is 3.57. The number of methoxy groups -OCH3 is 1. The van der Waals surface area contributed by atoms with Crippen LogP contribution in [0.1, 0.15) is 5.56 Å². The molecule has 0 spiro atoms. The lowest BCUT2D eigenvalue weighted by atomic mass is 10.2. The van der Waals surface area contributed by atoms with Crippen molar-refractivity contribution < 1.29 is 18.8 Å². The lowest BCUT2D eigenvalue weighted by Gasteiger charge is -2.10. The summed E-state index contributed by atoms with van der Waals surface area (Å²) < 4.78 is 17.9. The molecule has 0 aliphatic heterocycles. The Morgan fingerprint density at radius 3 is 2.71 bits per heavy atom. The number of ether oxygens (including phenoxy) is 1. The van der Waals surface area contributed by atoms with Crippen molar-refractivity contribution in [3.05, 3.63) is 35.7 Å². The molecule has 5 heteroatoms. The molecule has 0 atom stereocenters. The van der Waals surface area contributed by atoms with Gasteiger partial charge in [-0.05, 0) is 18.2 Å². The van der Waals surface area contributed by atoms with Crippen LogP contribution in [0.15, 0.2) is 24.3 Å². The standard InChI is InChI=1S/C12H14FNO3/c1-14(17-3)12(15)7-5-9-4-6-10(13)8-11(9)16-2/h4-8H,1-3H3. The Labute approximate surface area is 99.2 Å². The first-order chi connectivity index (χ1) is 8.08. The number of carbonyl (C=O) groups is 1. The third-order valence-corrected chi connectivity index (χ3v) is 2.19. The summed E-state index contributed by atoms with van der Waals surface area (Å²) in [6.45, 7) is 0. The van der Waals surface area contributed by atoms with Crippen LogP contribution < -0.4 is 4.74 Å². The molecule has 0 saturated heterocycles. The largest absolute Gasteiger partial charge is 0.496 e. The average molecular weight is 239 g/mol. The minimum Gasteiger partial charge on any atom is -0.496 e. The molecule has 1 rings (SSSR count). The molecule has 0 saturated carbocycles. The molecule has 1 aromatic rings. The van der Waals surface area contributed by atoms with Crippen molar-refractivity contribution in [3.63, 3.8) is 0 Å². The zero-order valence-electron chi connectivity index (χ0n) is 9.94. The molecule has 1 amide bonds. The second-order valence-corrected chi connectivity index (χ2v) is 3.24. The van der Waals surface area contributed by atoms with E-state index < -0.39 is 0 Å². The van der Waals surface area contributed by atoms with Crippen LogP contribution in [0.3, 0.4) is 0 Å². The van der Waals surface area contributed by atoms with Crippen molar-refractivity contribution in [2.24, 2.45) is 0 Å². The van der Waals surface area contributed by atoms with Gasteiger partial charge in [-0.2, -0.15) is 0 Å². The van der Waals surface area contributed by atoms with Gasteiger partial charge in [-0.25, -0.2) is 9.45 Å². The van der Waals surface area contributed by atoms with E-state index in [9.17, 15) is 9.18 Å². The highest BCUT2D eigenvalue weighted by molar-refractivity contribution is 5.91. The lowest BCUT2D eigenvalue weighted by Crippen LogP contribution is -2.22. The quantitative estimate of drug-likeness (QED) is 0.594. The number of hydroxylamine groups is 2. The van der Waals surface area contributed by atoms with Crippen molar-refractivity contribution in [2.45, 2.75) is 0 Å². The van der Waals surface area contributed by atoms with E-state index in [2.05, 4.69) is 0 Å². The fourth-order valence-electron chi connectivity index (χ4n) is 1.18. The van der Waals surface area contributed by atoms with E-state index in [1.807, 2.05) is 0 Å². The van der Waals surface area contributed by atoms with Crippen molar-refractivity contribution in [1.82, 2.24) is 5.06 Å². The second-order valence-electron chi connectivity index (χ2n) is 3.24. The lowest BCUT2D eigenvalue weighted by molar-refractivity contribution is -0.162. The highest BCUT2D eigenvalue weighted by Gasteiger charge is 2.05. The summed E-state index contributed by atoms with van der Waals surface area (Å²) in [6.07, 6.45) is 2.86. The maximum atomic E-state index is 12.9. The number of nitrogens with zero attached hydrogens (tertiary/aromatic N) is 1. The predicted molar refractivity (Wildman–Crippen MR) is 61.8 cm³/mol. The van der Waals surface area contributed by atoms with Crippen LogP contribution in [-0.4, -0.2) is 32.2 Å². The Bertz CT molecular complexity index is 432. The monoisotopic (exact) mass is 239 g/mol. The van der Waals surface area contributed by atoms with E-state index in [4.69, 9.17) is 9.57 Å². The molecule has 0 radical (unpaired) electrons. The molecule has 0 bridgehead atoms. The van der Waals surface area contributed by atoms with Crippen LogP contribution >= 0.6 is 0 Å². The van der Waals surface area contributed by atoms with E-state index in [1.54, 1.807) is 0 Å². The molecule has 0 unspecified atom stereocenters. The molecule has 0 aliphatic carbocycles. The fourth-order valence-corrected chi connectivity index (χ4v) is 1.18. The normalized spacial score (nSPS) is 10.6. The third-order valence-electron chi connectivity index (χ3n) is 2.19. The molecule has 0 heterocycles. The van der Waals surface area contributed by atoms with Gasteiger partial charge in [-0.3, -0.25) is 9.63 Å². The summed E-state index contributed by atoms with van der Waals surface area (Å²) in [5, 5.41) is 1.08. The van der Waals surface area contributed by atoms with Gasteiger partial charge < -0.3 is 4.74 Å². The maximum absolute atomic E-state index is 12.9. The van der Waals surface area contributed by atoms with Gasteiger partial charge in [0.2, 0.25) is 0 Å². The Morgan fingerprint density at radius 1 is 1.41 bits per heavy atom. The Hall–Kier alpha value is -1.88. The molecule has 0 N–H and O–H groups in total. The number of halogens is 1. The summed E-state index contributed by atoms with van der Waals surface area (Å²) >= 11 is 0. The van der Waals surface area contributed by atoms with Crippen LogP contribution in [0.5, 0.6) is 5.75 Å². The van der Waals surface area contributed by atoms with Crippen molar-refractivity contribution >= 4 is 12.0 Å². The van der Waals surface area contributed by atoms with Crippen molar-refractivity contribution in [1.29, 1.82) is 0 Å². The zero-order valence-corrected chi connectivity index (χ0v) is 9.94. The molecule has 0 aromatic heterocycles. The fraction of sp³-hybridized carbons (Fsp3) is 0.250. The van der Waals surface area contributed by atoms with E-state index in [0.717, 1.165) is 5.06 Å². The van der Waals surface area contributed by atoms with Gasteiger partial charge >= 0.3 is 0 Å². The molecule has 0 aliphatic rings.